The molecule has 0 radical (unpaired) electrons. The molecule has 0 N–H and O–H groups in total. The predicted molar refractivity (Wildman–Crippen MR) is 122 cm³/mol. The smallest absolute Gasteiger partial charge is 0.201 e. The number of unbranched alkanes of at least 4 members (excludes halogenated alkanes) is 2. The Balaban J connectivity index is 1.52. The summed E-state index contributed by atoms with van der Waals surface area (Å²) in [5, 5.41) is 0. The van der Waals surface area contributed by atoms with E-state index in [1.165, 1.54) is 50.7 Å². The molecule has 0 spiro atoms. The fourth-order valence-corrected chi connectivity index (χ4v) is 5.80. The molecule has 1 aromatic carbocycles. The summed E-state index contributed by atoms with van der Waals surface area (Å²) in [5.41, 5.74) is -0.109. The summed E-state index contributed by atoms with van der Waals surface area (Å²) in [6.45, 7) is 4.71. The Morgan fingerprint density at radius 2 is 1.52 bits per heavy atom. The Bertz CT molecular complexity index is 701. The van der Waals surface area contributed by atoms with Crippen LogP contribution in [0.25, 0.3) is 0 Å². The lowest BCUT2D eigenvalue weighted by molar-refractivity contribution is 0.0823. The molecule has 3 rings (SSSR count). The fourth-order valence-electron chi connectivity index (χ4n) is 5.80. The maximum absolute atomic E-state index is 14.6. The van der Waals surface area contributed by atoms with Crippen molar-refractivity contribution in [3.05, 3.63) is 29.3 Å². The minimum Gasteiger partial charge on any atom is -0.490 e. The van der Waals surface area contributed by atoms with Gasteiger partial charge in [-0.05, 0) is 74.8 Å². The summed E-state index contributed by atoms with van der Waals surface area (Å²) in [5.74, 6) is -0.177. The first-order valence-electron chi connectivity index (χ1n) is 12.7. The van der Waals surface area contributed by atoms with Crippen LogP contribution in [0, 0.1) is 35.3 Å². The molecule has 31 heavy (non-hydrogen) atoms. The number of ketones is 1. The highest BCUT2D eigenvalue weighted by molar-refractivity contribution is 5.98. The van der Waals surface area contributed by atoms with Crippen LogP contribution in [0.15, 0.2) is 12.1 Å². The van der Waals surface area contributed by atoms with Crippen molar-refractivity contribution in [2.24, 2.45) is 23.7 Å². The third-order valence-electron chi connectivity index (χ3n) is 7.72. The lowest BCUT2D eigenvalue weighted by Crippen LogP contribution is -2.28. The molecule has 2 fully saturated rings. The van der Waals surface area contributed by atoms with Crippen LogP contribution in [0.2, 0.25) is 0 Å². The molecule has 4 heteroatoms. The van der Waals surface area contributed by atoms with Crippen LogP contribution in [0.4, 0.5) is 8.78 Å². The van der Waals surface area contributed by atoms with Gasteiger partial charge in [0.1, 0.15) is 0 Å². The van der Waals surface area contributed by atoms with E-state index >= 15 is 0 Å². The van der Waals surface area contributed by atoms with Crippen LogP contribution in [-0.2, 0) is 0 Å². The van der Waals surface area contributed by atoms with Gasteiger partial charge in [-0.2, -0.15) is 4.39 Å². The summed E-state index contributed by atoms with van der Waals surface area (Å²) in [4.78, 5) is 12.9. The molecule has 174 valence electrons. The van der Waals surface area contributed by atoms with E-state index in [9.17, 15) is 13.6 Å². The van der Waals surface area contributed by atoms with E-state index in [0.717, 1.165) is 56.8 Å². The van der Waals surface area contributed by atoms with Crippen LogP contribution in [0.5, 0.6) is 5.75 Å². The molecular formula is C27H40F2O2. The van der Waals surface area contributed by atoms with E-state index in [-0.39, 0.29) is 23.0 Å². The number of Topliss-reactive ketones (excluding diaryl/α,β-unsaturated/α-hetero) is 1. The lowest BCUT2D eigenvalue weighted by atomic mass is 9.68. The van der Waals surface area contributed by atoms with Crippen molar-refractivity contribution in [1.29, 1.82) is 0 Å². The Labute approximate surface area is 187 Å². The van der Waals surface area contributed by atoms with Gasteiger partial charge in [-0.15, -0.1) is 0 Å². The molecule has 0 aromatic heterocycles. The molecule has 0 unspecified atom stereocenters. The number of hydrogen-bond acceptors (Lipinski definition) is 2. The Morgan fingerprint density at radius 1 is 0.871 bits per heavy atom. The standard InChI is InChI=1S/C27H40F2O2/c1-3-5-6-18-31-24-17-16-23(25(28)26(24)29)27(30)22-14-12-21(13-15-22)20-10-8-19(7-4-2)9-11-20/h16-17,19-22H,3-15,18H2,1-2H3. The second-order valence-electron chi connectivity index (χ2n) is 9.84. The van der Waals surface area contributed by atoms with Crippen LogP contribution < -0.4 is 4.74 Å². The van der Waals surface area contributed by atoms with Crippen molar-refractivity contribution in [2.45, 2.75) is 97.3 Å². The summed E-state index contributed by atoms with van der Waals surface area (Å²) >= 11 is 0. The zero-order valence-corrected chi connectivity index (χ0v) is 19.4. The van der Waals surface area contributed by atoms with Gasteiger partial charge >= 0.3 is 0 Å². The number of carbonyl (C=O) groups is 1. The third-order valence-corrected chi connectivity index (χ3v) is 7.72. The number of carbonyl (C=O) groups excluding carboxylic acids is 1. The average Bonchev–Trinajstić information content (AvgIpc) is 2.80. The molecule has 0 amide bonds. The van der Waals surface area contributed by atoms with Crippen molar-refractivity contribution in [3.8, 4) is 5.75 Å². The van der Waals surface area contributed by atoms with E-state index in [1.54, 1.807) is 0 Å². The van der Waals surface area contributed by atoms with Crippen LogP contribution >= 0.6 is 0 Å². The number of benzene rings is 1. The molecule has 2 aliphatic carbocycles. The van der Waals surface area contributed by atoms with Crippen molar-refractivity contribution in [1.82, 2.24) is 0 Å². The zero-order chi connectivity index (χ0) is 22.2. The highest BCUT2D eigenvalue weighted by atomic mass is 19.2. The fraction of sp³-hybridized carbons (Fsp3) is 0.741. The van der Waals surface area contributed by atoms with Crippen LogP contribution in [0.3, 0.4) is 0 Å². The molecular weight excluding hydrogens is 394 g/mol. The summed E-state index contributed by atoms with van der Waals surface area (Å²) < 4.78 is 34.4. The molecule has 2 aliphatic rings. The van der Waals surface area contributed by atoms with E-state index in [1.807, 2.05) is 0 Å². The first kappa shape index (κ1) is 24.2. The molecule has 0 aliphatic heterocycles. The van der Waals surface area contributed by atoms with E-state index in [2.05, 4.69) is 13.8 Å². The minimum absolute atomic E-state index is 0.0902. The van der Waals surface area contributed by atoms with Gasteiger partial charge < -0.3 is 4.74 Å². The second kappa shape index (κ2) is 12.0. The van der Waals surface area contributed by atoms with Crippen molar-refractivity contribution >= 4 is 5.78 Å². The predicted octanol–water partition coefficient (Wildman–Crippen LogP) is 8.13. The largest absolute Gasteiger partial charge is 0.490 e. The van der Waals surface area contributed by atoms with Gasteiger partial charge in [-0.1, -0.05) is 52.4 Å². The normalized spacial score (nSPS) is 26.6. The van der Waals surface area contributed by atoms with E-state index in [0.29, 0.717) is 12.5 Å². The number of hydrogen-bond donors (Lipinski definition) is 0. The van der Waals surface area contributed by atoms with E-state index < -0.39 is 11.6 Å². The molecule has 2 nitrogen and oxygen atoms in total. The first-order valence-corrected chi connectivity index (χ1v) is 12.7. The third kappa shape index (κ3) is 6.29. The van der Waals surface area contributed by atoms with Crippen molar-refractivity contribution < 1.29 is 18.3 Å². The van der Waals surface area contributed by atoms with E-state index in [4.69, 9.17) is 4.74 Å². The Kier molecular flexibility index (Phi) is 9.34. The van der Waals surface area contributed by atoms with Gasteiger partial charge in [0.2, 0.25) is 5.82 Å². The minimum atomic E-state index is -1.05. The van der Waals surface area contributed by atoms with Gasteiger partial charge in [0, 0.05) is 5.92 Å². The molecule has 0 saturated heterocycles. The summed E-state index contributed by atoms with van der Waals surface area (Å²) in [6.07, 6.45) is 14.5. The zero-order valence-electron chi connectivity index (χ0n) is 19.4. The SMILES string of the molecule is CCCCCOc1ccc(C(=O)C2CCC(C3CCC(CCC)CC3)CC2)c(F)c1F. The number of rotatable bonds is 10. The number of ether oxygens (including phenoxy) is 1. The van der Waals surface area contributed by atoms with Gasteiger partial charge in [0.05, 0.1) is 12.2 Å². The monoisotopic (exact) mass is 434 g/mol. The van der Waals surface area contributed by atoms with Gasteiger partial charge in [-0.25, -0.2) is 4.39 Å². The maximum atomic E-state index is 14.6. The average molecular weight is 435 g/mol. The molecule has 0 bridgehead atoms. The first-order chi connectivity index (χ1) is 15.0. The highest BCUT2D eigenvalue weighted by Gasteiger charge is 2.34. The maximum Gasteiger partial charge on any atom is 0.201 e. The molecule has 1 aromatic rings. The molecule has 0 heterocycles. The Morgan fingerprint density at radius 3 is 2.13 bits per heavy atom. The quantitative estimate of drug-likeness (QED) is 0.274. The van der Waals surface area contributed by atoms with Crippen LogP contribution in [-0.4, -0.2) is 12.4 Å². The lowest BCUT2D eigenvalue weighted by Gasteiger charge is -2.37. The molecule has 2 saturated carbocycles. The van der Waals surface area contributed by atoms with Crippen LogP contribution in [0.1, 0.15) is 108 Å². The highest BCUT2D eigenvalue weighted by Crippen LogP contribution is 2.43. The van der Waals surface area contributed by atoms with Gasteiger partial charge in [0.25, 0.3) is 0 Å². The summed E-state index contributed by atoms with van der Waals surface area (Å²) in [6, 6.07) is 2.83. The van der Waals surface area contributed by atoms with Crippen molar-refractivity contribution in [3.63, 3.8) is 0 Å². The Hall–Kier alpha value is -1.45. The summed E-state index contributed by atoms with van der Waals surface area (Å²) in [7, 11) is 0. The topological polar surface area (TPSA) is 26.3 Å². The van der Waals surface area contributed by atoms with Gasteiger partial charge in [-0.3, -0.25) is 4.79 Å². The second-order valence-corrected chi connectivity index (χ2v) is 9.84. The molecule has 0 atom stereocenters. The van der Waals surface area contributed by atoms with Crippen molar-refractivity contribution in [2.75, 3.05) is 6.61 Å². The van der Waals surface area contributed by atoms with Gasteiger partial charge in [0.15, 0.2) is 17.3 Å². The number of halogens is 2.